The second-order valence-electron chi connectivity index (χ2n) is 6.36. The topological polar surface area (TPSA) is 105 Å². The Morgan fingerprint density at radius 2 is 2.07 bits per heavy atom. The van der Waals surface area contributed by atoms with Crippen LogP contribution in [0.15, 0.2) is 53.6 Å². The van der Waals surface area contributed by atoms with Gasteiger partial charge in [-0.15, -0.1) is 0 Å². The van der Waals surface area contributed by atoms with Gasteiger partial charge in [0.1, 0.15) is 0 Å². The Labute approximate surface area is 165 Å². The minimum Gasteiger partial charge on any atom is -0.338 e. The second kappa shape index (κ2) is 8.62. The van der Waals surface area contributed by atoms with Crippen molar-refractivity contribution in [1.82, 2.24) is 10.3 Å². The zero-order chi connectivity index (χ0) is 20.1. The van der Waals surface area contributed by atoms with Crippen LogP contribution in [0, 0.1) is 16.0 Å². The van der Waals surface area contributed by atoms with Crippen molar-refractivity contribution in [3.8, 4) is 0 Å². The normalized spacial score (nSPS) is 16.5. The van der Waals surface area contributed by atoms with Crippen LogP contribution >= 0.6 is 11.6 Å². The van der Waals surface area contributed by atoms with Crippen LogP contribution in [-0.4, -0.2) is 34.4 Å². The Hall–Kier alpha value is -3.26. The van der Waals surface area contributed by atoms with Crippen LogP contribution in [0.4, 0.5) is 5.69 Å². The van der Waals surface area contributed by atoms with E-state index in [-0.39, 0.29) is 28.9 Å². The number of carbonyl (C=O) groups excluding carboxylic acids is 2. The maximum absolute atomic E-state index is 12.3. The fourth-order valence-electron chi connectivity index (χ4n) is 2.90. The van der Waals surface area contributed by atoms with E-state index in [4.69, 9.17) is 11.6 Å². The maximum Gasteiger partial charge on any atom is 0.270 e. The molecule has 2 aromatic carbocycles. The Morgan fingerprint density at radius 1 is 1.32 bits per heavy atom. The number of hydrazone groups is 1. The molecule has 144 valence electrons. The molecule has 1 N–H and O–H groups in total. The number of amides is 2. The first-order chi connectivity index (χ1) is 13.4. The first-order valence-corrected chi connectivity index (χ1v) is 8.90. The summed E-state index contributed by atoms with van der Waals surface area (Å²) in [5.41, 5.74) is 3.55. The molecule has 28 heavy (non-hydrogen) atoms. The average molecular weight is 401 g/mol. The van der Waals surface area contributed by atoms with Gasteiger partial charge in [-0.05, 0) is 11.6 Å². The van der Waals surface area contributed by atoms with Crippen LogP contribution in [0.2, 0.25) is 5.02 Å². The predicted molar refractivity (Wildman–Crippen MR) is 104 cm³/mol. The lowest BCUT2D eigenvalue weighted by Gasteiger charge is -2.16. The van der Waals surface area contributed by atoms with E-state index in [1.165, 1.54) is 24.4 Å². The molecular formula is C19H17ClN4O4. The Kier molecular flexibility index (Phi) is 6.00. The minimum absolute atomic E-state index is 0.0882. The molecule has 0 aliphatic carbocycles. The number of benzene rings is 2. The minimum atomic E-state index is -0.544. The summed E-state index contributed by atoms with van der Waals surface area (Å²) >= 11 is 5.98. The van der Waals surface area contributed by atoms with Gasteiger partial charge in [0.25, 0.3) is 5.69 Å². The van der Waals surface area contributed by atoms with Crippen molar-refractivity contribution in [1.29, 1.82) is 0 Å². The summed E-state index contributed by atoms with van der Waals surface area (Å²) in [5.74, 6) is -0.981. The van der Waals surface area contributed by atoms with Crippen molar-refractivity contribution in [2.75, 3.05) is 6.54 Å². The van der Waals surface area contributed by atoms with Crippen LogP contribution < -0.4 is 5.43 Å². The molecule has 9 heteroatoms. The number of nitro benzene ring substituents is 1. The van der Waals surface area contributed by atoms with Gasteiger partial charge in [-0.25, -0.2) is 5.43 Å². The van der Waals surface area contributed by atoms with Gasteiger partial charge in [-0.3, -0.25) is 19.7 Å². The molecule has 0 spiro atoms. The first kappa shape index (κ1) is 19.5. The lowest BCUT2D eigenvalue weighted by Crippen LogP contribution is -2.30. The number of nitro groups is 1. The summed E-state index contributed by atoms with van der Waals surface area (Å²) in [6.07, 6.45) is 1.36. The van der Waals surface area contributed by atoms with Crippen molar-refractivity contribution in [3.63, 3.8) is 0 Å². The largest absolute Gasteiger partial charge is 0.338 e. The Bertz CT molecular complexity index is 933. The molecule has 2 amide bonds. The Balaban J connectivity index is 1.58. The second-order valence-corrected chi connectivity index (χ2v) is 6.77. The van der Waals surface area contributed by atoms with Crippen molar-refractivity contribution in [2.45, 2.75) is 13.0 Å². The quantitative estimate of drug-likeness (QED) is 0.457. The zero-order valence-electron chi connectivity index (χ0n) is 14.7. The SMILES string of the molecule is O=C(N/N=C/c1cc([N+](=O)[O-])ccc1Cl)C1CC(=O)N(Cc2ccccc2)C1. The van der Waals surface area contributed by atoms with E-state index >= 15 is 0 Å². The monoisotopic (exact) mass is 400 g/mol. The van der Waals surface area contributed by atoms with E-state index in [9.17, 15) is 19.7 Å². The number of hydrogen-bond acceptors (Lipinski definition) is 5. The van der Waals surface area contributed by atoms with E-state index in [0.717, 1.165) is 5.56 Å². The van der Waals surface area contributed by atoms with Gasteiger partial charge < -0.3 is 4.90 Å². The van der Waals surface area contributed by atoms with Crippen molar-refractivity contribution in [3.05, 3.63) is 74.8 Å². The third-order valence-corrected chi connectivity index (χ3v) is 4.71. The summed E-state index contributed by atoms with van der Waals surface area (Å²) in [4.78, 5) is 36.4. The maximum atomic E-state index is 12.3. The highest BCUT2D eigenvalue weighted by atomic mass is 35.5. The number of halogens is 1. The number of rotatable bonds is 6. The fraction of sp³-hybridized carbons (Fsp3) is 0.211. The van der Waals surface area contributed by atoms with Crippen LogP contribution in [0.3, 0.4) is 0 Å². The van der Waals surface area contributed by atoms with Crippen molar-refractivity contribution < 1.29 is 14.5 Å². The molecule has 0 aromatic heterocycles. The average Bonchev–Trinajstić information content (AvgIpc) is 3.04. The predicted octanol–water partition coefficient (Wildman–Crippen LogP) is 2.75. The number of hydrogen-bond donors (Lipinski definition) is 1. The fourth-order valence-corrected chi connectivity index (χ4v) is 3.07. The third-order valence-electron chi connectivity index (χ3n) is 4.37. The van der Waals surface area contributed by atoms with E-state index in [2.05, 4.69) is 10.5 Å². The van der Waals surface area contributed by atoms with Crippen LogP contribution in [0.5, 0.6) is 0 Å². The molecule has 0 saturated carbocycles. The number of likely N-dealkylation sites (tertiary alicyclic amines) is 1. The molecule has 3 rings (SSSR count). The van der Waals surface area contributed by atoms with Gasteiger partial charge in [0, 0.05) is 42.2 Å². The summed E-state index contributed by atoms with van der Waals surface area (Å²) in [6.45, 7) is 0.767. The van der Waals surface area contributed by atoms with Gasteiger partial charge >= 0.3 is 0 Å². The summed E-state index contributed by atoms with van der Waals surface area (Å²) in [7, 11) is 0. The van der Waals surface area contributed by atoms with E-state index in [1.54, 1.807) is 4.90 Å². The molecule has 1 aliphatic rings. The van der Waals surface area contributed by atoms with E-state index < -0.39 is 10.8 Å². The lowest BCUT2D eigenvalue weighted by atomic mass is 10.1. The first-order valence-electron chi connectivity index (χ1n) is 8.52. The molecule has 0 bridgehead atoms. The molecule has 1 aliphatic heterocycles. The van der Waals surface area contributed by atoms with Crippen molar-refractivity contribution in [2.24, 2.45) is 11.0 Å². The van der Waals surface area contributed by atoms with Gasteiger partial charge in [-0.2, -0.15) is 5.10 Å². The van der Waals surface area contributed by atoms with Gasteiger partial charge in [0.15, 0.2) is 0 Å². The molecule has 1 atom stereocenters. The van der Waals surface area contributed by atoms with Crippen molar-refractivity contribution >= 4 is 35.3 Å². The van der Waals surface area contributed by atoms with E-state index in [1.807, 2.05) is 30.3 Å². The lowest BCUT2D eigenvalue weighted by molar-refractivity contribution is -0.384. The number of nitrogens with one attached hydrogen (secondary N) is 1. The Morgan fingerprint density at radius 3 is 2.79 bits per heavy atom. The highest BCUT2D eigenvalue weighted by Crippen LogP contribution is 2.21. The van der Waals surface area contributed by atoms with Crippen LogP contribution in [0.25, 0.3) is 0 Å². The van der Waals surface area contributed by atoms with Crippen LogP contribution in [-0.2, 0) is 16.1 Å². The summed E-state index contributed by atoms with van der Waals surface area (Å²) in [6, 6.07) is 13.5. The van der Waals surface area contributed by atoms with Gasteiger partial charge in [0.2, 0.25) is 11.8 Å². The zero-order valence-corrected chi connectivity index (χ0v) is 15.5. The number of non-ortho nitro benzene ring substituents is 1. The number of nitrogens with zero attached hydrogens (tertiary/aromatic N) is 3. The standard InChI is InChI=1S/C19H17ClN4O4/c20-17-7-6-16(24(27)28)8-14(17)10-21-22-19(26)15-9-18(25)23(12-15)11-13-4-2-1-3-5-13/h1-8,10,15H,9,11-12H2,(H,22,26)/b21-10+. The number of carbonyl (C=O) groups is 2. The smallest absolute Gasteiger partial charge is 0.270 e. The van der Waals surface area contributed by atoms with E-state index in [0.29, 0.717) is 18.7 Å². The molecule has 0 radical (unpaired) electrons. The third kappa shape index (κ3) is 4.72. The summed E-state index contributed by atoms with van der Waals surface area (Å²) < 4.78 is 0. The molecule has 1 unspecified atom stereocenters. The molecule has 2 aromatic rings. The highest BCUT2D eigenvalue weighted by Gasteiger charge is 2.34. The van der Waals surface area contributed by atoms with Crippen LogP contribution in [0.1, 0.15) is 17.5 Å². The highest BCUT2D eigenvalue weighted by molar-refractivity contribution is 6.33. The molecular weight excluding hydrogens is 384 g/mol. The van der Waals surface area contributed by atoms with Gasteiger partial charge in [0.05, 0.1) is 17.1 Å². The van der Waals surface area contributed by atoms with Gasteiger partial charge in [-0.1, -0.05) is 41.9 Å². The summed E-state index contributed by atoms with van der Waals surface area (Å²) in [5, 5.41) is 14.9. The molecule has 1 fully saturated rings. The molecule has 8 nitrogen and oxygen atoms in total. The molecule has 1 saturated heterocycles. The molecule has 1 heterocycles.